The van der Waals surface area contributed by atoms with Gasteiger partial charge in [0.25, 0.3) is 0 Å². The number of tetrazole rings is 1. The Morgan fingerprint density at radius 1 is 1.14 bits per heavy atom. The second kappa shape index (κ2) is 8.05. The van der Waals surface area contributed by atoms with Gasteiger partial charge in [-0.3, -0.25) is 0 Å². The molecule has 10 nitrogen and oxygen atoms in total. The van der Waals surface area contributed by atoms with Gasteiger partial charge in [0.2, 0.25) is 17.1 Å². The molecule has 0 bridgehead atoms. The molecule has 0 aliphatic heterocycles. The number of nitrogens with two attached hydrogens (primary N) is 1. The summed E-state index contributed by atoms with van der Waals surface area (Å²) >= 11 is 1.42. The summed E-state index contributed by atoms with van der Waals surface area (Å²) in [4.78, 5) is 12.9. The Balaban J connectivity index is 1.51. The first kappa shape index (κ1) is 17.9. The molecule has 0 aliphatic rings. The van der Waals surface area contributed by atoms with E-state index < -0.39 is 0 Å². The quantitative estimate of drug-likeness (QED) is 0.450. The van der Waals surface area contributed by atoms with Gasteiger partial charge in [-0.1, -0.05) is 30.0 Å². The summed E-state index contributed by atoms with van der Waals surface area (Å²) in [5, 5.41) is 15.4. The molecule has 11 heteroatoms. The highest BCUT2D eigenvalue weighted by Gasteiger charge is 2.18. The highest BCUT2D eigenvalue weighted by atomic mass is 32.2. The zero-order valence-electron chi connectivity index (χ0n) is 14.9. The van der Waals surface area contributed by atoms with Crippen LogP contribution in [0.15, 0.2) is 58.3 Å². The van der Waals surface area contributed by atoms with Crippen LogP contribution < -0.4 is 11.1 Å². The maximum absolute atomic E-state index is 5.88. The molecule has 1 atom stereocenters. The van der Waals surface area contributed by atoms with E-state index in [4.69, 9.17) is 10.2 Å². The van der Waals surface area contributed by atoms with E-state index in [1.807, 2.05) is 49.4 Å². The lowest BCUT2D eigenvalue weighted by atomic mass is 10.3. The molecule has 0 fully saturated rings. The molecular formula is C17H17N9OS. The van der Waals surface area contributed by atoms with Crippen molar-refractivity contribution in [3.8, 4) is 0 Å². The fraction of sp³-hybridized carbons (Fsp3) is 0.176. The first-order valence-corrected chi connectivity index (χ1v) is 9.34. The van der Waals surface area contributed by atoms with Crippen LogP contribution in [0.2, 0.25) is 0 Å². The molecule has 0 aliphatic carbocycles. The normalized spacial score (nSPS) is 12.0. The number of aromatic nitrogens is 7. The number of benzene rings is 1. The van der Waals surface area contributed by atoms with Crippen molar-refractivity contribution in [2.24, 2.45) is 0 Å². The number of para-hydroxylation sites is 1. The molecule has 0 amide bonds. The number of nitrogens with one attached hydrogen (secondary N) is 1. The topological polar surface area (TPSA) is 133 Å². The Labute approximate surface area is 164 Å². The summed E-state index contributed by atoms with van der Waals surface area (Å²) in [7, 11) is 0. The first-order valence-electron chi connectivity index (χ1n) is 8.46. The van der Waals surface area contributed by atoms with Crippen molar-refractivity contribution in [3.05, 3.63) is 60.3 Å². The Morgan fingerprint density at radius 2 is 2.00 bits per heavy atom. The van der Waals surface area contributed by atoms with E-state index in [9.17, 15) is 0 Å². The number of furan rings is 1. The van der Waals surface area contributed by atoms with E-state index in [1.54, 1.807) is 10.9 Å². The van der Waals surface area contributed by atoms with E-state index in [1.165, 1.54) is 11.8 Å². The number of hydrogen-bond acceptors (Lipinski definition) is 10. The predicted octanol–water partition coefficient (Wildman–Crippen LogP) is 2.68. The van der Waals surface area contributed by atoms with E-state index in [-0.39, 0.29) is 11.2 Å². The van der Waals surface area contributed by atoms with Gasteiger partial charge in [-0.15, -0.1) is 5.10 Å². The van der Waals surface area contributed by atoms with E-state index in [0.29, 0.717) is 23.5 Å². The molecule has 4 aromatic rings. The standard InChI is InChI=1S/C17H17N9OS/c1-11(28-17-23-24-25-26(17)10-13-8-5-9-27-13)14-20-15(18)22-16(21-14)19-12-6-3-2-4-7-12/h2-9,11H,10H2,1H3,(H3,18,19,20,21,22). The van der Waals surface area contributed by atoms with Gasteiger partial charge in [0.05, 0.1) is 11.5 Å². The Hall–Kier alpha value is -3.47. The number of rotatable bonds is 7. The van der Waals surface area contributed by atoms with Crippen LogP contribution in [-0.2, 0) is 6.54 Å². The van der Waals surface area contributed by atoms with Crippen molar-refractivity contribution < 1.29 is 4.42 Å². The first-order chi connectivity index (χ1) is 13.7. The fourth-order valence-corrected chi connectivity index (χ4v) is 3.27. The number of anilines is 3. The van der Waals surface area contributed by atoms with Crippen LogP contribution >= 0.6 is 11.8 Å². The van der Waals surface area contributed by atoms with Crippen LogP contribution in [-0.4, -0.2) is 35.2 Å². The Morgan fingerprint density at radius 3 is 2.79 bits per heavy atom. The molecule has 3 heterocycles. The summed E-state index contributed by atoms with van der Waals surface area (Å²) in [5.74, 6) is 1.83. The van der Waals surface area contributed by atoms with Gasteiger partial charge in [-0.2, -0.15) is 15.0 Å². The van der Waals surface area contributed by atoms with Crippen LogP contribution in [0, 0.1) is 0 Å². The van der Waals surface area contributed by atoms with Crippen molar-refractivity contribution in [2.75, 3.05) is 11.1 Å². The van der Waals surface area contributed by atoms with Crippen molar-refractivity contribution in [2.45, 2.75) is 23.9 Å². The van der Waals surface area contributed by atoms with Crippen LogP contribution in [0.1, 0.15) is 23.8 Å². The monoisotopic (exact) mass is 395 g/mol. The predicted molar refractivity (Wildman–Crippen MR) is 104 cm³/mol. The molecule has 3 aromatic heterocycles. The van der Waals surface area contributed by atoms with Crippen molar-refractivity contribution >= 4 is 29.3 Å². The number of nitrogens with zero attached hydrogens (tertiary/aromatic N) is 7. The zero-order valence-corrected chi connectivity index (χ0v) is 15.7. The molecule has 4 rings (SSSR count). The summed E-state index contributed by atoms with van der Waals surface area (Å²) < 4.78 is 7.02. The summed E-state index contributed by atoms with van der Waals surface area (Å²) in [5.41, 5.74) is 6.74. The van der Waals surface area contributed by atoms with Gasteiger partial charge in [-0.25, -0.2) is 4.68 Å². The van der Waals surface area contributed by atoms with Crippen LogP contribution in [0.3, 0.4) is 0 Å². The highest BCUT2D eigenvalue weighted by Crippen LogP contribution is 2.32. The molecule has 0 radical (unpaired) electrons. The summed E-state index contributed by atoms with van der Waals surface area (Å²) in [6.45, 7) is 2.40. The largest absolute Gasteiger partial charge is 0.467 e. The third-order valence-corrected chi connectivity index (χ3v) is 4.80. The van der Waals surface area contributed by atoms with Crippen molar-refractivity contribution in [3.63, 3.8) is 0 Å². The highest BCUT2D eigenvalue weighted by molar-refractivity contribution is 7.99. The van der Waals surface area contributed by atoms with Gasteiger partial charge in [-0.05, 0) is 41.6 Å². The molecule has 142 valence electrons. The van der Waals surface area contributed by atoms with Crippen molar-refractivity contribution in [1.29, 1.82) is 0 Å². The van der Waals surface area contributed by atoms with Gasteiger partial charge >= 0.3 is 0 Å². The lowest BCUT2D eigenvalue weighted by Gasteiger charge is -2.12. The minimum Gasteiger partial charge on any atom is -0.467 e. The molecule has 0 saturated carbocycles. The van der Waals surface area contributed by atoms with E-state index in [0.717, 1.165) is 11.4 Å². The Kier molecular flexibility index (Phi) is 5.15. The lowest BCUT2D eigenvalue weighted by Crippen LogP contribution is -2.09. The second-order valence-corrected chi connectivity index (χ2v) is 7.13. The molecule has 3 N–H and O–H groups in total. The number of thioether (sulfide) groups is 1. The van der Waals surface area contributed by atoms with Crippen LogP contribution in [0.5, 0.6) is 0 Å². The molecular weight excluding hydrogens is 378 g/mol. The van der Waals surface area contributed by atoms with Crippen LogP contribution in [0.25, 0.3) is 0 Å². The fourth-order valence-electron chi connectivity index (χ4n) is 2.44. The molecule has 28 heavy (non-hydrogen) atoms. The molecule has 1 unspecified atom stereocenters. The molecule has 0 spiro atoms. The Bertz CT molecular complexity index is 1040. The second-order valence-electron chi connectivity index (χ2n) is 5.82. The van der Waals surface area contributed by atoms with Gasteiger partial charge in [0, 0.05) is 5.69 Å². The maximum Gasteiger partial charge on any atom is 0.232 e. The zero-order chi connectivity index (χ0) is 19.3. The minimum atomic E-state index is -0.150. The van der Waals surface area contributed by atoms with Crippen molar-refractivity contribution in [1.82, 2.24) is 35.2 Å². The number of hydrogen-bond donors (Lipinski definition) is 2. The summed E-state index contributed by atoms with van der Waals surface area (Å²) in [6.07, 6.45) is 1.62. The van der Waals surface area contributed by atoms with E-state index in [2.05, 4.69) is 35.8 Å². The maximum atomic E-state index is 5.88. The average Bonchev–Trinajstić information content (AvgIpc) is 3.35. The third-order valence-electron chi connectivity index (χ3n) is 3.73. The van der Waals surface area contributed by atoms with Gasteiger partial charge in [0.15, 0.2) is 0 Å². The van der Waals surface area contributed by atoms with E-state index >= 15 is 0 Å². The molecule has 0 saturated heterocycles. The van der Waals surface area contributed by atoms with Gasteiger partial charge < -0.3 is 15.5 Å². The minimum absolute atomic E-state index is 0.144. The smallest absolute Gasteiger partial charge is 0.232 e. The summed E-state index contributed by atoms with van der Waals surface area (Å²) in [6, 6.07) is 13.3. The lowest BCUT2D eigenvalue weighted by molar-refractivity contribution is 0.462. The third kappa shape index (κ3) is 4.26. The number of nitrogen functional groups attached to an aromatic ring is 1. The SMILES string of the molecule is CC(Sc1nnnn1Cc1ccco1)c1nc(N)nc(Nc2ccccc2)n1. The van der Waals surface area contributed by atoms with Gasteiger partial charge in [0.1, 0.15) is 18.1 Å². The average molecular weight is 395 g/mol. The molecule has 1 aromatic carbocycles. The van der Waals surface area contributed by atoms with Crippen LogP contribution in [0.4, 0.5) is 17.6 Å².